The maximum atomic E-state index is 13.7. The van der Waals surface area contributed by atoms with E-state index in [0.29, 0.717) is 18.0 Å². The van der Waals surface area contributed by atoms with Crippen LogP contribution in [0.2, 0.25) is 0 Å². The van der Waals surface area contributed by atoms with Crippen molar-refractivity contribution in [3.63, 3.8) is 0 Å². The van der Waals surface area contributed by atoms with E-state index < -0.39 is 11.6 Å². The van der Waals surface area contributed by atoms with Gasteiger partial charge in [0.05, 0.1) is 11.6 Å². The van der Waals surface area contributed by atoms with E-state index in [0.717, 1.165) is 63.9 Å². The summed E-state index contributed by atoms with van der Waals surface area (Å²) in [4.78, 5) is 17.5. The molecule has 1 heterocycles. The molecule has 2 aromatic carbocycles. The summed E-state index contributed by atoms with van der Waals surface area (Å²) in [6.07, 6.45) is 4.73. The number of benzene rings is 2. The molecule has 0 aromatic heterocycles. The van der Waals surface area contributed by atoms with Gasteiger partial charge in [0, 0.05) is 43.5 Å². The van der Waals surface area contributed by atoms with Crippen LogP contribution < -0.4 is 11.1 Å². The van der Waals surface area contributed by atoms with E-state index in [4.69, 9.17) is 5.73 Å². The average Bonchev–Trinajstić information content (AvgIpc) is 3.46. The largest absolute Gasteiger partial charge is 0.326 e. The van der Waals surface area contributed by atoms with Crippen molar-refractivity contribution in [1.82, 2.24) is 9.80 Å². The predicted molar refractivity (Wildman–Crippen MR) is 130 cm³/mol. The molecule has 5 rings (SSSR count). The number of nitriles is 1. The molecule has 184 valence electrons. The summed E-state index contributed by atoms with van der Waals surface area (Å²) >= 11 is 0. The molecule has 8 heteroatoms. The van der Waals surface area contributed by atoms with Crippen LogP contribution in [0, 0.1) is 28.9 Å². The lowest BCUT2D eigenvalue weighted by Crippen LogP contribution is -2.48. The summed E-state index contributed by atoms with van der Waals surface area (Å²) in [7, 11) is 0. The maximum absolute atomic E-state index is 13.7. The van der Waals surface area contributed by atoms with Crippen LogP contribution in [0.15, 0.2) is 42.5 Å². The normalized spacial score (nSPS) is 27.7. The second-order valence-electron chi connectivity index (χ2n) is 10.3. The van der Waals surface area contributed by atoms with Crippen molar-refractivity contribution in [3.8, 4) is 6.07 Å². The zero-order valence-electron chi connectivity index (χ0n) is 19.7. The summed E-state index contributed by atoms with van der Waals surface area (Å²) in [5, 5.41) is 12.1. The molecule has 0 radical (unpaired) electrons. The lowest BCUT2D eigenvalue weighted by Gasteiger charge is -2.37. The molecule has 2 amide bonds. The third kappa shape index (κ3) is 4.89. The number of hydrogen-bond donors (Lipinski definition) is 2. The van der Waals surface area contributed by atoms with Crippen LogP contribution in [-0.4, -0.2) is 54.1 Å². The summed E-state index contributed by atoms with van der Waals surface area (Å²) < 4.78 is 27.1. The number of rotatable bonds is 6. The fourth-order valence-corrected chi connectivity index (χ4v) is 6.08. The van der Waals surface area contributed by atoms with Gasteiger partial charge in [-0.05, 0) is 79.8 Å². The van der Waals surface area contributed by atoms with Crippen LogP contribution in [0.4, 0.5) is 19.3 Å². The SMILES string of the molecule is N#Cc1cccc([C@@]23CC[C@H](N(CCN4CCC(N)C4)C(=O)Nc4ccc(F)c(F)c4)CC2C3)c1. The Morgan fingerprint density at radius 1 is 1.23 bits per heavy atom. The third-order valence-corrected chi connectivity index (χ3v) is 8.12. The molecular weight excluding hydrogens is 448 g/mol. The van der Waals surface area contributed by atoms with Crippen molar-refractivity contribution in [2.75, 3.05) is 31.5 Å². The molecule has 1 aliphatic heterocycles. The van der Waals surface area contributed by atoms with Gasteiger partial charge in [-0.25, -0.2) is 13.6 Å². The van der Waals surface area contributed by atoms with E-state index >= 15 is 0 Å². The first-order valence-corrected chi connectivity index (χ1v) is 12.4. The molecule has 0 bridgehead atoms. The quantitative estimate of drug-likeness (QED) is 0.650. The first kappa shape index (κ1) is 23.7. The number of fused-ring (bicyclic) bond motifs is 1. The first-order chi connectivity index (χ1) is 16.9. The van der Waals surface area contributed by atoms with Gasteiger partial charge in [0.15, 0.2) is 11.6 Å². The molecule has 3 N–H and O–H groups in total. The summed E-state index contributed by atoms with van der Waals surface area (Å²) in [5.41, 5.74) is 8.31. The number of nitrogens with zero attached hydrogens (tertiary/aromatic N) is 3. The molecule has 4 atom stereocenters. The van der Waals surface area contributed by atoms with E-state index in [1.54, 1.807) is 0 Å². The Bertz CT molecular complexity index is 1150. The molecule has 2 aromatic rings. The number of amides is 2. The summed E-state index contributed by atoms with van der Waals surface area (Å²) in [5.74, 6) is -1.46. The molecule has 6 nitrogen and oxygen atoms in total. The van der Waals surface area contributed by atoms with Gasteiger partial charge >= 0.3 is 6.03 Å². The van der Waals surface area contributed by atoms with E-state index in [9.17, 15) is 18.8 Å². The van der Waals surface area contributed by atoms with E-state index in [1.807, 2.05) is 23.1 Å². The second kappa shape index (κ2) is 9.56. The van der Waals surface area contributed by atoms with Crippen LogP contribution in [0.3, 0.4) is 0 Å². The third-order valence-electron chi connectivity index (χ3n) is 8.12. The number of nitrogens with two attached hydrogens (primary N) is 1. The highest BCUT2D eigenvalue weighted by atomic mass is 19.2. The molecule has 3 fully saturated rings. The maximum Gasteiger partial charge on any atom is 0.322 e. The minimum atomic E-state index is -0.986. The van der Waals surface area contributed by atoms with Gasteiger partial charge in [-0.15, -0.1) is 0 Å². The van der Waals surface area contributed by atoms with Gasteiger partial charge in [-0.1, -0.05) is 12.1 Å². The van der Waals surface area contributed by atoms with Crippen LogP contribution in [0.25, 0.3) is 0 Å². The number of halogens is 2. The molecular formula is C27H31F2N5O. The molecule has 2 unspecified atom stereocenters. The van der Waals surface area contributed by atoms with Crippen LogP contribution in [0.1, 0.15) is 43.2 Å². The number of urea groups is 1. The highest BCUT2D eigenvalue weighted by Crippen LogP contribution is 2.62. The van der Waals surface area contributed by atoms with Crippen molar-refractivity contribution in [1.29, 1.82) is 5.26 Å². The van der Waals surface area contributed by atoms with Gasteiger partial charge in [0.2, 0.25) is 0 Å². The number of anilines is 1. The van der Waals surface area contributed by atoms with Crippen molar-refractivity contribution < 1.29 is 13.6 Å². The smallest absolute Gasteiger partial charge is 0.322 e. The number of carbonyl (C=O) groups excluding carboxylic acids is 1. The molecule has 3 aliphatic rings. The minimum Gasteiger partial charge on any atom is -0.326 e. The van der Waals surface area contributed by atoms with Gasteiger partial charge in [-0.2, -0.15) is 5.26 Å². The van der Waals surface area contributed by atoms with E-state index in [2.05, 4.69) is 22.4 Å². The fourth-order valence-electron chi connectivity index (χ4n) is 6.08. The van der Waals surface area contributed by atoms with Crippen molar-refractivity contribution in [2.45, 2.75) is 49.6 Å². The zero-order valence-corrected chi connectivity index (χ0v) is 19.7. The number of nitrogens with one attached hydrogen (secondary N) is 1. The minimum absolute atomic E-state index is 0.0661. The Morgan fingerprint density at radius 2 is 2.09 bits per heavy atom. The highest BCUT2D eigenvalue weighted by molar-refractivity contribution is 5.89. The molecule has 1 saturated heterocycles. The van der Waals surface area contributed by atoms with Crippen LogP contribution >= 0.6 is 0 Å². The highest BCUT2D eigenvalue weighted by Gasteiger charge is 2.58. The van der Waals surface area contributed by atoms with Gasteiger partial charge in [0.1, 0.15) is 0 Å². The predicted octanol–water partition coefficient (Wildman–Crippen LogP) is 4.21. The monoisotopic (exact) mass is 479 g/mol. The van der Waals surface area contributed by atoms with Crippen LogP contribution in [0.5, 0.6) is 0 Å². The van der Waals surface area contributed by atoms with Crippen LogP contribution in [-0.2, 0) is 5.41 Å². The van der Waals surface area contributed by atoms with Crippen molar-refractivity contribution >= 4 is 11.7 Å². The molecule has 2 saturated carbocycles. The lowest BCUT2D eigenvalue weighted by atomic mass is 9.80. The Morgan fingerprint density at radius 3 is 2.80 bits per heavy atom. The number of likely N-dealkylation sites (tertiary alicyclic amines) is 1. The summed E-state index contributed by atoms with van der Waals surface area (Å²) in [6, 6.07) is 13.5. The Labute approximate surface area is 204 Å². The molecule has 2 aliphatic carbocycles. The Balaban J connectivity index is 1.29. The lowest BCUT2D eigenvalue weighted by molar-refractivity contribution is 0.149. The Kier molecular flexibility index (Phi) is 6.47. The van der Waals surface area contributed by atoms with Gasteiger partial charge in [0.25, 0.3) is 0 Å². The molecule has 0 spiro atoms. The second-order valence-corrected chi connectivity index (χ2v) is 10.3. The standard InChI is InChI=1S/C27H31F2N5O/c28-24-5-4-22(14-25(24)29)32-26(35)34(11-10-33-9-7-21(31)17-33)23-6-8-27(15-20(27)13-23)19-3-1-2-18(12-19)16-30/h1-5,12,14,20-21,23H,6-11,13,15,17,31H2,(H,32,35)/t20?,21?,23-,27-/m0/s1. The van der Waals surface area contributed by atoms with Gasteiger partial charge < -0.3 is 16.0 Å². The fraction of sp³-hybridized carbons (Fsp3) is 0.481. The molecule has 35 heavy (non-hydrogen) atoms. The van der Waals surface area contributed by atoms with Crippen molar-refractivity contribution in [3.05, 3.63) is 65.2 Å². The van der Waals surface area contributed by atoms with Gasteiger partial charge in [-0.3, -0.25) is 4.90 Å². The Hall–Kier alpha value is -3.02. The average molecular weight is 480 g/mol. The van der Waals surface area contributed by atoms with E-state index in [-0.39, 0.29) is 29.2 Å². The number of hydrogen-bond acceptors (Lipinski definition) is 4. The van der Waals surface area contributed by atoms with Crippen molar-refractivity contribution in [2.24, 2.45) is 11.7 Å². The number of carbonyl (C=O) groups is 1. The van der Waals surface area contributed by atoms with E-state index in [1.165, 1.54) is 11.6 Å². The zero-order chi connectivity index (χ0) is 24.6. The first-order valence-electron chi connectivity index (χ1n) is 12.4. The topological polar surface area (TPSA) is 85.4 Å². The summed E-state index contributed by atoms with van der Waals surface area (Å²) in [6.45, 7) is 3.03.